The number of pyridine rings is 3. The number of hydrogen-bond acceptors (Lipinski definition) is 29. The van der Waals surface area contributed by atoms with Crippen LogP contribution in [0.5, 0.6) is 28.7 Å². The zero-order valence-electron chi connectivity index (χ0n) is 55.7. The minimum atomic E-state index is -2.95. The van der Waals surface area contributed by atoms with Crippen molar-refractivity contribution >= 4 is 76.2 Å². The number of aromatic nitrogens is 17. The van der Waals surface area contributed by atoms with E-state index in [4.69, 9.17) is 47.1 Å². The summed E-state index contributed by atoms with van der Waals surface area (Å²) in [4.78, 5) is 42.7. The van der Waals surface area contributed by atoms with Crippen LogP contribution >= 0.6 is 0 Å². The van der Waals surface area contributed by atoms with Crippen molar-refractivity contribution in [3.63, 3.8) is 0 Å². The van der Waals surface area contributed by atoms with Gasteiger partial charge in [0.15, 0.2) is 46.3 Å². The molecule has 0 radical (unpaired) electrons. The van der Waals surface area contributed by atoms with Gasteiger partial charge in [0.2, 0.25) is 54.4 Å². The van der Waals surface area contributed by atoms with E-state index in [1.165, 1.54) is 60.9 Å². The van der Waals surface area contributed by atoms with Gasteiger partial charge in [0.25, 0.3) is 0 Å². The number of alkyl halides is 2. The van der Waals surface area contributed by atoms with Gasteiger partial charge in [-0.25, -0.2) is 24.9 Å². The Labute approximate surface area is 582 Å². The second-order valence-corrected chi connectivity index (χ2v) is 23.1. The Bertz CT molecular complexity index is 4860. The lowest BCUT2D eigenvalue weighted by Crippen LogP contribution is -2.31. The van der Waals surface area contributed by atoms with Gasteiger partial charge in [-0.3, -0.25) is 0 Å². The molecule has 1 unspecified atom stereocenters. The molecule has 4 aromatic carbocycles. The van der Waals surface area contributed by atoms with Crippen molar-refractivity contribution in [3.8, 4) is 58.1 Å². The summed E-state index contributed by atoms with van der Waals surface area (Å²) < 4.78 is 56.9. The lowest BCUT2D eigenvalue weighted by Gasteiger charge is -2.21. The molecule has 12 N–H and O–H groups in total. The summed E-state index contributed by atoms with van der Waals surface area (Å²) in [5.74, 6) is 7.47. The third-order valence-corrected chi connectivity index (χ3v) is 15.6. The standard InChI is InChI=1S/C19H25N9O.C17H18F2N6O2.C16H16N6.C15H11N7O2/c1-26(2)13-8-9-27(11-13)16-10-17(22-12-21-16)28-18(20)24-19(25-28)23-14-6-4-5-7-15(14)29-3;1-10(2)26-13-9-11(6-7-12(13)27-15(18)19)22-17-23-16(20)25(24-17)14-5-3-4-8-21-14;17-15-20-16(21-22(15)14-9-1-2-10-18-14)19-13-8-4-6-11-5-3-7-12(11)13;16-6-9-1-4-13(18-7-9)22-14(17)20-15(21-22)19-10-2-3-11-12(5-10)24-8-23-11/h4-7,10,12-13H,8-9,11H2,1-3H3,(H3,20,23,24,25);3-10,15H,1-2H3,(H3,20,22,23,24);1-2,4,6,8-10H,3,5,7H2,(H3,17,19,20,21);1-5,7H,8H2,(H3,17,19,20,21). The number of para-hydroxylation sites is 2. The van der Waals surface area contributed by atoms with Crippen LogP contribution < -0.4 is 72.8 Å². The number of ether oxygens (including phenoxy) is 5. The molecule has 0 spiro atoms. The van der Waals surface area contributed by atoms with Crippen LogP contribution in [0.4, 0.5) is 84.9 Å². The maximum atomic E-state index is 12.6. The topological polar surface area (TPSA) is 416 Å². The third-order valence-electron chi connectivity index (χ3n) is 15.6. The van der Waals surface area contributed by atoms with Gasteiger partial charge in [0.1, 0.15) is 24.0 Å². The van der Waals surface area contributed by atoms with Crippen LogP contribution in [0.25, 0.3) is 23.3 Å². The predicted octanol–water partition coefficient (Wildman–Crippen LogP) is 8.97. The average Bonchev–Trinajstić information content (AvgIpc) is 1.66. The highest BCUT2D eigenvalue weighted by Gasteiger charge is 2.26. The fourth-order valence-corrected chi connectivity index (χ4v) is 10.8. The summed E-state index contributed by atoms with van der Waals surface area (Å²) in [6.07, 6.45) is 10.6. The van der Waals surface area contributed by atoms with E-state index in [1.54, 1.807) is 81.9 Å². The summed E-state index contributed by atoms with van der Waals surface area (Å²) >= 11 is 0. The lowest BCUT2D eigenvalue weighted by atomic mass is 10.1. The maximum Gasteiger partial charge on any atom is 0.387 e. The summed E-state index contributed by atoms with van der Waals surface area (Å²) in [6.45, 7) is 2.70. The van der Waals surface area contributed by atoms with Crippen LogP contribution in [0.15, 0.2) is 158 Å². The largest absolute Gasteiger partial charge is 0.495 e. The number of methoxy groups -OCH3 is 1. The van der Waals surface area contributed by atoms with E-state index in [-0.39, 0.29) is 48.2 Å². The highest BCUT2D eigenvalue weighted by Crippen LogP contribution is 2.37. The minimum absolute atomic E-state index is 0.0595. The summed E-state index contributed by atoms with van der Waals surface area (Å²) in [6, 6.07) is 42.3. The van der Waals surface area contributed by atoms with E-state index in [0.717, 1.165) is 55.2 Å². The fourth-order valence-electron chi connectivity index (χ4n) is 10.8. The van der Waals surface area contributed by atoms with Crippen molar-refractivity contribution in [3.05, 3.63) is 175 Å². The highest BCUT2D eigenvalue weighted by molar-refractivity contribution is 5.66. The molecule has 1 aliphatic carbocycles. The molecule has 12 aromatic rings. The molecule has 102 heavy (non-hydrogen) atoms. The van der Waals surface area contributed by atoms with Gasteiger partial charge in [0.05, 0.1) is 24.5 Å². The fraction of sp³-hybridized carbons (Fsp3) is 0.224. The number of nitrogens with two attached hydrogens (primary N) is 4. The quantitative estimate of drug-likeness (QED) is 0.0374. The monoisotopic (exact) mass is 1380 g/mol. The predicted molar refractivity (Wildman–Crippen MR) is 377 cm³/mol. The SMILES string of the molecule is CC(C)Oc1cc(Nc2nc(N)n(-c3ccccn3)n2)ccc1OC(F)F.COc1ccccc1Nc1nc(N)n(-c2cc(N3CCC(N(C)C)C3)ncn2)n1.N#Cc1ccc(-n2nc(Nc3ccc4c(c3)OCO4)nc2N)nc1.Nc1nc(Nc2cccc3c2CCC3)nn1-c1ccccn1. The molecule has 0 bridgehead atoms. The van der Waals surface area contributed by atoms with Gasteiger partial charge in [-0.2, -0.15) is 52.7 Å². The Balaban J connectivity index is 0.000000129. The van der Waals surface area contributed by atoms with Crippen LogP contribution in [0.1, 0.15) is 43.4 Å². The van der Waals surface area contributed by atoms with E-state index in [0.29, 0.717) is 81.6 Å². The first-order chi connectivity index (χ1) is 49.5. The molecule has 1 fully saturated rings. The van der Waals surface area contributed by atoms with E-state index in [2.05, 4.69) is 133 Å². The zero-order chi connectivity index (χ0) is 71.2. The van der Waals surface area contributed by atoms with Gasteiger partial charge in [-0.1, -0.05) is 36.4 Å². The second kappa shape index (κ2) is 31.3. The van der Waals surface area contributed by atoms with Crippen molar-refractivity contribution in [1.29, 1.82) is 5.26 Å². The normalized spacial score (nSPS) is 13.2. The summed E-state index contributed by atoms with van der Waals surface area (Å²) in [7, 11) is 5.82. The smallest absolute Gasteiger partial charge is 0.387 e. The number of nitrogen functional groups attached to an aromatic ring is 4. The number of benzene rings is 4. The van der Waals surface area contributed by atoms with Gasteiger partial charge in [-0.05, 0) is 144 Å². The van der Waals surface area contributed by atoms with Crippen LogP contribution in [-0.2, 0) is 12.8 Å². The Hall–Kier alpha value is -13.5. The van der Waals surface area contributed by atoms with Crippen molar-refractivity contribution in [2.45, 2.75) is 58.3 Å². The molecule has 8 aromatic heterocycles. The number of halogens is 2. The number of nitrogens with one attached hydrogen (secondary N) is 4. The lowest BCUT2D eigenvalue weighted by molar-refractivity contribution is -0.0518. The molecule has 0 amide bonds. The first-order valence-electron chi connectivity index (χ1n) is 31.8. The minimum Gasteiger partial charge on any atom is -0.495 e. The van der Waals surface area contributed by atoms with Crippen molar-refractivity contribution in [2.24, 2.45) is 0 Å². The molecular weight excluding hydrogens is 1310 g/mol. The number of anilines is 13. The number of rotatable bonds is 19. The molecule has 0 saturated carbocycles. The van der Waals surface area contributed by atoms with Crippen molar-refractivity contribution < 1.29 is 32.5 Å². The second-order valence-electron chi connectivity index (χ2n) is 23.1. The zero-order valence-corrected chi connectivity index (χ0v) is 55.7. The van der Waals surface area contributed by atoms with E-state index >= 15 is 0 Å². The molecule has 1 atom stereocenters. The summed E-state index contributed by atoms with van der Waals surface area (Å²) in [5, 5.41) is 38.6. The van der Waals surface area contributed by atoms with E-state index in [1.807, 2.05) is 60.7 Å². The molecule has 2 aliphatic heterocycles. The molecule has 15 rings (SSSR count). The Kier molecular flexibility index (Phi) is 21.0. The Morgan fingerprint density at radius 2 is 1.15 bits per heavy atom. The number of nitrogens with zero attached hydrogens (tertiary/aromatic N) is 20. The highest BCUT2D eigenvalue weighted by atomic mass is 19.3. The number of nitriles is 1. The third kappa shape index (κ3) is 16.7. The van der Waals surface area contributed by atoms with Crippen LogP contribution in [0.3, 0.4) is 0 Å². The molecule has 35 heteroatoms. The number of hydrogen-bond donors (Lipinski definition) is 8. The van der Waals surface area contributed by atoms with Gasteiger partial charge >= 0.3 is 6.61 Å². The molecule has 522 valence electrons. The molecular formula is C67H70F2N28O5. The van der Waals surface area contributed by atoms with E-state index in [9.17, 15) is 8.78 Å². The number of aryl methyl sites for hydroxylation is 1. The Morgan fingerprint density at radius 1 is 0.569 bits per heavy atom. The van der Waals surface area contributed by atoms with Crippen molar-refractivity contribution in [2.75, 3.05) is 90.2 Å². The van der Waals surface area contributed by atoms with Crippen LogP contribution in [-0.4, -0.2) is 149 Å². The molecule has 10 heterocycles. The molecule has 33 nitrogen and oxygen atoms in total. The number of likely N-dealkylation sites (N-methyl/N-ethyl adjacent to an activating group) is 1. The Morgan fingerprint density at radius 3 is 1.74 bits per heavy atom. The van der Waals surface area contributed by atoms with Gasteiger partial charge in [-0.15, -0.1) is 20.4 Å². The van der Waals surface area contributed by atoms with Crippen LogP contribution in [0.2, 0.25) is 0 Å². The van der Waals surface area contributed by atoms with Crippen molar-refractivity contribution in [1.82, 2.24) is 88.9 Å². The van der Waals surface area contributed by atoms with Crippen LogP contribution in [0, 0.1) is 11.3 Å². The van der Waals surface area contributed by atoms with E-state index < -0.39 is 6.61 Å². The first-order valence-corrected chi connectivity index (χ1v) is 31.8. The number of fused-ring (bicyclic) bond motifs is 2. The molecule has 3 aliphatic rings. The van der Waals surface area contributed by atoms with Gasteiger partial charge < -0.3 is 77.7 Å². The van der Waals surface area contributed by atoms with Gasteiger partial charge in [0, 0.05) is 73.0 Å². The molecule has 1 saturated heterocycles. The average molecular weight is 1390 g/mol. The maximum absolute atomic E-state index is 12.6. The first kappa shape index (κ1) is 68.4. The summed E-state index contributed by atoms with van der Waals surface area (Å²) in [5.41, 5.74) is 30.1.